The third-order valence-electron chi connectivity index (χ3n) is 4.01. The molecule has 3 aromatic rings. The van der Waals surface area contributed by atoms with Gasteiger partial charge < -0.3 is 16.0 Å². The first-order valence-electron chi connectivity index (χ1n) is 9.06. The van der Waals surface area contributed by atoms with Crippen molar-refractivity contribution in [2.75, 3.05) is 16.0 Å². The number of anilines is 3. The molecule has 0 aliphatic carbocycles. The Bertz CT molecular complexity index is 1030. The van der Waals surface area contributed by atoms with Gasteiger partial charge in [-0.25, -0.2) is 0 Å². The van der Waals surface area contributed by atoms with Gasteiger partial charge in [-0.1, -0.05) is 41.4 Å². The average Bonchev–Trinajstić information content (AvgIpc) is 2.73. The first kappa shape index (κ1) is 22.4. The lowest BCUT2D eigenvalue weighted by Crippen LogP contribution is -2.22. The van der Waals surface area contributed by atoms with Crippen LogP contribution >= 0.6 is 47.2 Å². The molecule has 0 spiro atoms. The van der Waals surface area contributed by atoms with Crippen molar-refractivity contribution in [2.45, 2.75) is 17.1 Å². The molecule has 0 saturated carbocycles. The number of para-hydroxylation sites is 1. The molecule has 3 rings (SSSR count). The lowest BCUT2D eigenvalue weighted by atomic mass is 10.3. The molecule has 30 heavy (non-hydrogen) atoms. The largest absolute Gasteiger partial charge is 0.332 e. The molecule has 0 aliphatic rings. The fourth-order valence-corrected chi connectivity index (χ4v) is 3.91. The number of hydrogen-bond acceptors (Lipinski definition) is 3. The van der Waals surface area contributed by atoms with E-state index in [0.717, 1.165) is 16.3 Å². The zero-order valence-electron chi connectivity index (χ0n) is 16.0. The predicted octanol–water partition coefficient (Wildman–Crippen LogP) is 6.92. The van der Waals surface area contributed by atoms with Gasteiger partial charge in [0.25, 0.3) is 0 Å². The minimum Gasteiger partial charge on any atom is -0.332 e. The Morgan fingerprint density at radius 1 is 0.833 bits per heavy atom. The third kappa shape index (κ3) is 6.64. The van der Waals surface area contributed by atoms with E-state index in [-0.39, 0.29) is 11.2 Å². The van der Waals surface area contributed by atoms with Gasteiger partial charge in [0.1, 0.15) is 0 Å². The van der Waals surface area contributed by atoms with Crippen molar-refractivity contribution in [1.29, 1.82) is 0 Å². The van der Waals surface area contributed by atoms with Gasteiger partial charge in [-0.2, -0.15) is 0 Å². The van der Waals surface area contributed by atoms with E-state index in [0.29, 0.717) is 20.8 Å². The van der Waals surface area contributed by atoms with Crippen LogP contribution in [-0.4, -0.2) is 16.3 Å². The van der Waals surface area contributed by atoms with Gasteiger partial charge in [-0.15, -0.1) is 11.8 Å². The van der Waals surface area contributed by atoms with Crippen LogP contribution in [0.1, 0.15) is 6.92 Å². The second kappa shape index (κ2) is 10.7. The van der Waals surface area contributed by atoms with Crippen LogP contribution in [0.2, 0.25) is 10.0 Å². The maximum Gasteiger partial charge on any atom is 0.237 e. The van der Waals surface area contributed by atoms with Gasteiger partial charge in [-0.05, 0) is 73.7 Å². The van der Waals surface area contributed by atoms with E-state index in [1.54, 1.807) is 18.2 Å². The van der Waals surface area contributed by atoms with Crippen molar-refractivity contribution in [1.82, 2.24) is 0 Å². The van der Waals surface area contributed by atoms with Crippen LogP contribution in [-0.2, 0) is 4.79 Å². The summed E-state index contributed by atoms with van der Waals surface area (Å²) in [5, 5.41) is 10.2. The standard InChI is InChI=1S/C22H19Cl2N3OS2/c1-14(21(28)25-17-9-12-19(23)20(24)13-17)30-18-10-7-16(8-11-18)27-22(29)26-15-5-3-2-4-6-15/h2-14H,1H3,(H,25,28)(H2,26,27,29). The molecule has 0 saturated heterocycles. The lowest BCUT2D eigenvalue weighted by molar-refractivity contribution is -0.115. The van der Waals surface area contributed by atoms with E-state index in [1.165, 1.54) is 11.8 Å². The third-order valence-corrected chi connectivity index (χ3v) is 6.07. The Labute approximate surface area is 195 Å². The van der Waals surface area contributed by atoms with Crippen LogP contribution in [0.3, 0.4) is 0 Å². The van der Waals surface area contributed by atoms with E-state index in [4.69, 9.17) is 35.4 Å². The number of amides is 1. The predicted molar refractivity (Wildman–Crippen MR) is 133 cm³/mol. The molecular weight excluding hydrogens is 457 g/mol. The van der Waals surface area contributed by atoms with Crippen molar-refractivity contribution in [3.8, 4) is 0 Å². The number of rotatable bonds is 6. The smallest absolute Gasteiger partial charge is 0.237 e. The number of halogens is 2. The summed E-state index contributed by atoms with van der Waals surface area (Å²) in [6.45, 7) is 1.85. The van der Waals surface area contributed by atoms with Gasteiger partial charge in [0, 0.05) is 22.0 Å². The first-order chi connectivity index (χ1) is 14.4. The Morgan fingerprint density at radius 3 is 2.07 bits per heavy atom. The fraction of sp³-hybridized carbons (Fsp3) is 0.0909. The Balaban J connectivity index is 1.52. The highest BCUT2D eigenvalue weighted by Gasteiger charge is 2.15. The zero-order chi connectivity index (χ0) is 21.5. The van der Waals surface area contributed by atoms with Crippen LogP contribution in [0.4, 0.5) is 17.1 Å². The Kier molecular flexibility index (Phi) is 7.99. The van der Waals surface area contributed by atoms with Crippen LogP contribution in [0.25, 0.3) is 0 Å². The summed E-state index contributed by atoms with van der Waals surface area (Å²) in [6.07, 6.45) is 0. The fourth-order valence-electron chi connectivity index (χ4n) is 2.51. The van der Waals surface area contributed by atoms with Crippen molar-refractivity contribution in [2.24, 2.45) is 0 Å². The van der Waals surface area contributed by atoms with Crippen LogP contribution in [0.15, 0.2) is 77.7 Å². The maximum absolute atomic E-state index is 12.5. The molecule has 0 aromatic heterocycles. The molecule has 0 radical (unpaired) electrons. The molecule has 1 unspecified atom stereocenters. The van der Waals surface area contributed by atoms with E-state index in [9.17, 15) is 4.79 Å². The lowest BCUT2D eigenvalue weighted by Gasteiger charge is -2.14. The molecule has 3 aromatic carbocycles. The van der Waals surface area contributed by atoms with Crippen LogP contribution in [0, 0.1) is 0 Å². The molecule has 0 bridgehead atoms. The number of hydrogen-bond donors (Lipinski definition) is 3. The van der Waals surface area contributed by atoms with E-state index >= 15 is 0 Å². The number of nitrogens with one attached hydrogen (secondary N) is 3. The van der Waals surface area contributed by atoms with Gasteiger partial charge in [-0.3, -0.25) is 4.79 Å². The van der Waals surface area contributed by atoms with Crippen molar-refractivity contribution in [3.05, 3.63) is 82.8 Å². The molecule has 0 aliphatic heterocycles. The molecule has 8 heteroatoms. The highest BCUT2D eigenvalue weighted by atomic mass is 35.5. The van der Waals surface area contributed by atoms with Crippen molar-refractivity contribution < 1.29 is 4.79 Å². The number of thiocarbonyl (C=S) groups is 1. The summed E-state index contributed by atoms with van der Waals surface area (Å²) in [6, 6.07) is 22.5. The van der Waals surface area contributed by atoms with Gasteiger partial charge in [0.15, 0.2) is 5.11 Å². The van der Waals surface area contributed by atoms with Crippen molar-refractivity contribution >= 4 is 75.3 Å². The quantitative estimate of drug-likeness (QED) is 0.266. The summed E-state index contributed by atoms with van der Waals surface area (Å²) in [4.78, 5) is 13.4. The molecular formula is C22H19Cl2N3OS2. The first-order valence-corrected chi connectivity index (χ1v) is 11.1. The van der Waals surface area contributed by atoms with Crippen LogP contribution < -0.4 is 16.0 Å². The number of benzene rings is 3. The summed E-state index contributed by atoms with van der Waals surface area (Å²) in [5.41, 5.74) is 2.39. The molecule has 0 heterocycles. The normalized spacial score (nSPS) is 11.4. The SMILES string of the molecule is CC(Sc1ccc(NC(=S)Nc2ccccc2)cc1)C(=O)Nc1ccc(Cl)c(Cl)c1. The average molecular weight is 476 g/mol. The van der Waals surface area contributed by atoms with E-state index in [2.05, 4.69) is 16.0 Å². The van der Waals surface area contributed by atoms with Gasteiger partial charge in [0.2, 0.25) is 5.91 Å². The monoisotopic (exact) mass is 475 g/mol. The Morgan fingerprint density at radius 2 is 1.43 bits per heavy atom. The minimum atomic E-state index is -0.293. The Hall–Kier alpha value is -2.25. The van der Waals surface area contributed by atoms with Gasteiger partial charge in [0.05, 0.1) is 15.3 Å². The van der Waals surface area contributed by atoms with Gasteiger partial charge >= 0.3 is 0 Å². The molecule has 1 atom stereocenters. The summed E-state index contributed by atoms with van der Waals surface area (Å²) >= 11 is 18.7. The molecule has 1 amide bonds. The molecule has 0 fully saturated rings. The van der Waals surface area contributed by atoms with E-state index < -0.39 is 0 Å². The topological polar surface area (TPSA) is 53.2 Å². The van der Waals surface area contributed by atoms with Crippen molar-refractivity contribution in [3.63, 3.8) is 0 Å². The number of thioether (sulfide) groups is 1. The summed E-state index contributed by atoms with van der Waals surface area (Å²) in [7, 11) is 0. The highest BCUT2D eigenvalue weighted by molar-refractivity contribution is 8.00. The van der Waals surface area contributed by atoms with Crippen LogP contribution in [0.5, 0.6) is 0 Å². The maximum atomic E-state index is 12.5. The number of carbonyl (C=O) groups is 1. The number of carbonyl (C=O) groups excluding carboxylic acids is 1. The highest BCUT2D eigenvalue weighted by Crippen LogP contribution is 2.28. The summed E-state index contributed by atoms with van der Waals surface area (Å²) in [5.74, 6) is -0.117. The second-order valence-corrected chi connectivity index (χ2v) is 8.98. The minimum absolute atomic E-state index is 0.117. The second-order valence-electron chi connectivity index (χ2n) is 6.35. The zero-order valence-corrected chi connectivity index (χ0v) is 19.1. The molecule has 154 valence electrons. The molecule has 3 N–H and O–H groups in total. The summed E-state index contributed by atoms with van der Waals surface area (Å²) < 4.78 is 0. The molecule has 4 nitrogen and oxygen atoms in total. The van der Waals surface area contributed by atoms with E-state index in [1.807, 2.05) is 61.5 Å².